The second-order valence-electron chi connectivity index (χ2n) is 9.54. The molecule has 1 saturated carbocycles. The van der Waals surface area contributed by atoms with Gasteiger partial charge in [-0.1, -0.05) is 53.6 Å². The van der Waals surface area contributed by atoms with Gasteiger partial charge in [-0.25, -0.2) is 0 Å². The molecule has 2 fully saturated rings. The predicted molar refractivity (Wildman–Crippen MR) is 124 cm³/mol. The Kier molecular flexibility index (Phi) is 7.62. The van der Waals surface area contributed by atoms with Crippen molar-refractivity contribution < 1.29 is 14.6 Å². The molecular formula is C27H37NO3. The van der Waals surface area contributed by atoms with Crippen LogP contribution >= 0.6 is 0 Å². The minimum absolute atomic E-state index is 0.217. The Bertz CT molecular complexity index is 808. The van der Waals surface area contributed by atoms with Crippen LogP contribution in [-0.2, 0) is 16.0 Å². The van der Waals surface area contributed by atoms with Gasteiger partial charge in [0, 0.05) is 25.4 Å². The summed E-state index contributed by atoms with van der Waals surface area (Å²) in [5.74, 6) is 1.58. The number of nitrogens with zero attached hydrogens (tertiary/aromatic N) is 1. The van der Waals surface area contributed by atoms with E-state index in [1.165, 1.54) is 16.7 Å². The van der Waals surface area contributed by atoms with Crippen molar-refractivity contribution in [3.05, 3.63) is 59.2 Å². The van der Waals surface area contributed by atoms with Crippen LogP contribution in [-0.4, -0.2) is 48.3 Å². The van der Waals surface area contributed by atoms with Crippen LogP contribution in [0.4, 0.5) is 0 Å². The fourth-order valence-corrected chi connectivity index (χ4v) is 5.60. The minimum Gasteiger partial charge on any atom is -0.392 e. The summed E-state index contributed by atoms with van der Waals surface area (Å²) in [6.45, 7) is 4.95. The first-order valence-electron chi connectivity index (χ1n) is 12.1. The smallest absolute Gasteiger partial charge is 0.222 e. The number of rotatable bonds is 8. The monoisotopic (exact) mass is 423 g/mol. The van der Waals surface area contributed by atoms with Crippen LogP contribution in [0, 0.1) is 24.7 Å². The van der Waals surface area contributed by atoms with E-state index in [0.717, 1.165) is 51.6 Å². The number of benzene rings is 1. The number of ether oxygens (including phenoxy) is 1. The van der Waals surface area contributed by atoms with Crippen LogP contribution in [0.25, 0.3) is 0 Å². The molecule has 0 spiro atoms. The summed E-state index contributed by atoms with van der Waals surface area (Å²) in [4.78, 5) is 14.3. The van der Waals surface area contributed by atoms with Gasteiger partial charge in [-0.05, 0) is 62.8 Å². The molecule has 1 N–H and O–H groups in total. The maximum atomic E-state index is 12.3. The van der Waals surface area contributed by atoms with Crippen LogP contribution in [0.3, 0.4) is 0 Å². The van der Waals surface area contributed by atoms with Crippen molar-refractivity contribution in [2.45, 2.75) is 58.0 Å². The lowest BCUT2D eigenvalue weighted by Crippen LogP contribution is -2.40. The molecule has 1 aromatic carbocycles. The number of aliphatic hydroxyl groups is 1. The fraction of sp³-hybridized carbons (Fsp3) is 0.593. The van der Waals surface area contributed by atoms with Gasteiger partial charge in [-0.3, -0.25) is 4.79 Å². The van der Waals surface area contributed by atoms with Crippen molar-refractivity contribution >= 4 is 5.91 Å². The Labute approximate surface area is 187 Å². The molecule has 1 aromatic rings. The van der Waals surface area contributed by atoms with Crippen molar-refractivity contribution in [3.8, 4) is 0 Å². The molecule has 0 unspecified atom stereocenters. The second-order valence-corrected chi connectivity index (χ2v) is 9.54. The lowest BCUT2D eigenvalue weighted by Gasteiger charge is -2.26. The van der Waals surface area contributed by atoms with E-state index in [1.54, 1.807) is 0 Å². The third kappa shape index (κ3) is 5.87. The highest BCUT2D eigenvalue weighted by molar-refractivity contribution is 5.76. The molecule has 0 aromatic heterocycles. The number of hydrogen-bond acceptors (Lipinski definition) is 3. The zero-order valence-electron chi connectivity index (χ0n) is 18.8. The lowest BCUT2D eigenvalue weighted by molar-refractivity contribution is -0.135. The summed E-state index contributed by atoms with van der Waals surface area (Å²) < 4.78 is 5.33. The van der Waals surface area contributed by atoms with E-state index in [9.17, 15) is 9.90 Å². The van der Waals surface area contributed by atoms with Gasteiger partial charge in [0.05, 0.1) is 19.3 Å². The second kappa shape index (κ2) is 10.6. The van der Waals surface area contributed by atoms with Gasteiger partial charge in [-0.2, -0.15) is 0 Å². The highest BCUT2D eigenvalue weighted by Gasteiger charge is 2.43. The fourth-order valence-electron chi connectivity index (χ4n) is 5.60. The van der Waals surface area contributed by atoms with E-state index < -0.39 is 0 Å². The summed E-state index contributed by atoms with van der Waals surface area (Å²) in [7, 11) is 0. The molecule has 1 aliphatic heterocycles. The maximum absolute atomic E-state index is 12.3. The van der Waals surface area contributed by atoms with Crippen molar-refractivity contribution in [3.63, 3.8) is 0 Å². The molecule has 3 aliphatic rings. The third-order valence-corrected chi connectivity index (χ3v) is 7.24. The first-order valence-corrected chi connectivity index (χ1v) is 12.1. The van der Waals surface area contributed by atoms with Crippen LogP contribution in [0.2, 0.25) is 0 Å². The van der Waals surface area contributed by atoms with E-state index in [2.05, 4.69) is 49.4 Å². The van der Waals surface area contributed by atoms with E-state index in [4.69, 9.17) is 4.74 Å². The minimum atomic E-state index is -0.217. The number of aryl methyl sites for hydroxylation is 2. The highest BCUT2D eigenvalue weighted by Crippen LogP contribution is 2.48. The molecule has 4 heteroatoms. The molecule has 1 saturated heterocycles. The summed E-state index contributed by atoms with van der Waals surface area (Å²) in [6.07, 6.45) is 13.4. The molecular weight excluding hydrogens is 386 g/mol. The van der Waals surface area contributed by atoms with Crippen molar-refractivity contribution in [1.29, 1.82) is 0 Å². The van der Waals surface area contributed by atoms with E-state index in [-0.39, 0.29) is 17.9 Å². The van der Waals surface area contributed by atoms with Crippen LogP contribution in [0.15, 0.2) is 48.1 Å². The normalized spacial score (nSPS) is 28.2. The summed E-state index contributed by atoms with van der Waals surface area (Å²) in [6, 6.07) is 8.71. The van der Waals surface area contributed by atoms with E-state index in [0.29, 0.717) is 31.5 Å². The van der Waals surface area contributed by atoms with Crippen LogP contribution < -0.4 is 0 Å². The predicted octanol–water partition coefficient (Wildman–Crippen LogP) is 4.46. The number of amides is 1. The quantitative estimate of drug-likeness (QED) is 0.628. The Balaban J connectivity index is 1.21. The number of aliphatic hydroxyl groups excluding tert-OH is 1. The first-order chi connectivity index (χ1) is 15.1. The van der Waals surface area contributed by atoms with Crippen molar-refractivity contribution in [1.82, 2.24) is 4.90 Å². The number of carbonyl (C=O) groups is 1. The van der Waals surface area contributed by atoms with Gasteiger partial charge >= 0.3 is 0 Å². The van der Waals surface area contributed by atoms with E-state index in [1.807, 2.05) is 4.90 Å². The standard InChI is InChI=1S/C27H37NO3/c1-20-6-4-8-21(16-20)7-2-3-10-24-25-18-22(17-23(25)19-26(24)29)9-5-11-27(30)28-12-14-31-15-13-28/h3-4,6,8,10,16-17,23-26,29H,2,5,7,9,11-15,18-19H2,1H3/t23-,24+,25-,26+/m0/s1. The van der Waals surface area contributed by atoms with Crippen LogP contribution in [0.5, 0.6) is 0 Å². The molecule has 1 amide bonds. The van der Waals surface area contributed by atoms with E-state index >= 15 is 0 Å². The maximum Gasteiger partial charge on any atom is 0.222 e. The molecule has 168 valence electrons. The number of carbonyl (C=O) groups excluding carboxylic acids is 1. The Morgan fingerprint density at radius 2 is 2.10 bits per heavy atom. The zero-order chi connectivity index (χ0) is 21.6. The average Bonchev–Trinajstić information content (AvgIpc) is 3.28. The Hall–Kier alpha value is -1.91. The van der Waals surface area contributed by atoms with Gasteiger partial charge in [0.1, 0.15) is 0 Å². The lowest BCUT2D eigenvalue weighted by atomic mass is 9.88. The highest BCUT2D eigenvalue weighted by atomic mass is 16.5. The summed E-state index contributed by atoms with van der Waals surface area (Å²) >= 11 is 0. The topological polar surface area (TPSA) is 49.8 Å². The molecule has 4 rings (SSSR count). The number of morpholine rings is 1. The molecule has 2 aliphatic carbocycles. The van der Waals surface area contributed by atoms with Crippen molar-refractivity contribution in [2.24, 2.45) is 17.8 Å². The Morgan fingerprint density at radius 1 is 1.26 bits per heavy atom. The van der Waals surface area contributed by atoms with Gasteiger partial charge in [-0.15, -0.1) is 0 Å². The largest absolute Gasteiger partial charge is 0.392 e. The molecule has 31 heavy (non-hydrogen) atoms. The summed E-state index contributed by atoms with van der Waals surface area (Å²) in [5.41, 5.74) is 4.19. The van der Waals surface area contributed by atoms with Gasteiger partial charge in [0.25, 0.3) is 0 Å². The molecule has 0 bridgehead atoms. The number of fused-ring (bicyclic) bond motifs is 1. The molecule has 0 radical (unpaired) electrons. The molecule has 4 atom stereocenters. The van der Waals surface area contributed by atoms with Gasteiger partial charge < -0.3 is 14.7 Å². The molecule has 1 heterocycles. The molecule has 4 nitrogen and oxygen atoms in total. The number of hydrogen-bond donors (Lipinski definition) is 1. The van der Waals surface area contributed by atoms with Gasteiger partial charge in [0.2, 0.25) is 5.91 Å². The zero-order valence-corrected chi connectivity index (χ0v) is 18.8. The van der Waals surface area contributed by atoms with Gasteiger partial charge in [0.15, 0.2) is 0 Å². The number of allylic oxidation sites excluding steroid dienone is 3. The van der Waals surface area contributed by atoms with Crippen LogP contribution in [0.1, 0.15) is 49.7 Å². The SMILES string of the molecule is Cc1cccc(CCC=C[C@@H]2[C@H]3CC(CCCC(=O)N4CCOCC4)=C[C@H]3C[C@H]2O)c1. The first kappa shape index (κ1) is 22.3. The summed E-state index contributed by atoms with van der Waals surface area (Å²) in [5, 5.41) is 10.6. The third-order valence-electron chi connectivity index (χ3n) is 7.24. The average molecular weight is 424 g/mol. The van der Waals surface area contributed by atoms with Crippen molar-refractivity contribution in [2.75, 3.05) is 26.3 Å². The Morgan fingerprint density at radius 3 is 2.90 bits per heavy atom.